The fourth-order valence-corrected chi connectivity index (χ4v) is 9.25. The number of fused-ring (bicyclic) bond motifs is 9. The Hall–Kier alpha value is -6.82. The average molecular weight is 689 g/mol. The van der Waals surface area contributed by atoms with Crippen molar-refractivity contribution in [3.8, 4) is 62.0 Å². The molecule has 0 saturated carbocycles. The zero-order valence-electron chi connectivity index (χ0n) is 30.2. The van der Waals surface area contributed by atoms with Crippen LogP contribution in [0.15, 0.2) is 182 Å². The number of hydrogen-bond donors (Lipinski definition) is 0. The summed E-state index contributed by atoms with van der Waals surface area (Å²) in [5.41, 5.74) is 19.2. The Bertz CT molecular complexity index is 2750. The van der Waals surface area contributed by atoms with Crippen LogP contribution in [0.3, 0.4) is 0 Å². The summed E-state index contributed by atoms with van der Waals surface area (Å²) in [7, 11) is 0. The molecule has 0 bridgehead atoms. The molecule has 1 heterocycles. The molecular formula is C52H36N2. The molecule has 254 valence electrons. The second-order valence-electron chi connectivity index (χ2n) is 15.0. The van der Waals surface area contributed by atoms with E-state index in [4.69, 9.17) is 4.98 Å². The number of hydrogen-bond acceptors (Lipinski definition) is 2. The number of rotatable bonds is 4. The maximum atomic E-state index is 9.59. The van der Waals surface area contributed by atoms with Crippen molar-refractivity contribution < 1.29 is 0 Å². The van der Waals surface area contributed by atoms with Gasteiger partial charge in [0, 0.05) is 16.5 Å². The molecule has 1 aromatic heterocycles. The van der Waals surface area contributed by atoms with Gasteiger partial charge < -0.3 is 0 Å². The van der Waals surface area contributed by atoms with E-state index in [1.807, 2.05) is 36.4 Å². The van der Waals surface area contributed by atoms with E-state index in [9.17, 15) is 5.26 Å². The van der Waals surface area contributed by atoms with Crippen LogP contribution in [0, 0.1) is 11.3 Å². The van der Waals surface area contributed by atoms with E-state index >= 15 is 0 Å². The maximum Gasteiger partial charge on any atom is 0.0991 e. The second kappa shape index (κ2) is 12.1. The van der Waals surface area contributed by atoms with Gasteiger partial charge in [-0.3, -0.25) is 0 Å². The Balaban J connectivity index is 1.09. The SMILES string of the molecule is CC1(C)c2ccccc2C2(c3ccccc3-c3cc(-c4ccc(-c5cc(-c6cccc(C#N)c6)cc(-c6ccccc6)n5)cc4)ccc32)c2ccccc21. The summed E-state index contributed by atoms with van der Waals surface area (Å²) in [5, 5.41) is 9.59. The van der Waals surface area contributed by atoms with Gasteiger partial charge in [-0.25, -0.2) is 4.98 Å². The smallest absolute Gasteiger partial charge is 0.0991 e. The summed E-state index contributed by atoms with van der Waals surface area (Å²) in [6, 6.07) is 67.7. The summed E-state index contributed by atoms with van der Waals surface area (Å²) in [5.74, 6) is 0. The number of benzene rings is 7. The van der Waals surface area contributed by atoms with Gasteiger partial charge in [0.25, 0.3) is 0 Å². The normalized spacial score (nSPS) is 14.0. The van der Waals surface area contributed by atoms with Crippen LogP contribution in [0.2, 0.25) is 0 Å². The average Bonchev–Trinajstić information content (AvgIpc) is 3.53. The summed E-state index contributed by atoms with van der Waals surface area (Å²) >= 11 is 0. The monoisotopic (exact) mass is 688 g/mol. The van der Waals surface area contributed by atoms with Gasteiger partial charge in [0.1, 0.15) is 0 Å². The van der Waals surface area contributed by atoms with Crippen LogP contribution in [-0.4, -0.2) is 4.98 Å². The van der Waals surface area contributed by atoms with Gasteiger partial charge in [-0.15, -0.1) is 0 Å². The third-order valence-electron chi connectivity index (χ3n) is 11.8. The highest BCUT2D eigenvalue weighted by Crippen LogP contribution is 2.62. The molecule has 0 fully saturated rings. The fourth-order valence-electron chi connectivity index (χ4n) is 9.25. The lowest BCUT2D eigenvalue weighted by Crippen LogP contribution is -2.40. The van der Waals surface area contributed by atoms with E-state index in [-0.39, 0.29) is 5.41 Å². The highest BCUT2D eigenvalue weighted by molar-refractivity contribution is 5.91. The highest BCUT2D eigenvalue weighted by atomic mass is 14.7. The Morgan fingerprint density at radius 3 is 1.56 bits per heavy atom. The molecule has 0 saturated heterocycles. The zero-order chi connectivity index (χ0) is 36.4. The zero-order valence-corrected chi connectivity index (χ0v) is 30.2. The van der Waals surface area contributed by atoms with E-state index in [0.717, 1.165) is 39.2 Å². The molecule has 8 aromatic rings. The molecular weight excluding hydrogens is 653 g/mol. The molecule has 2 aliphatic carbocycles. The molecule has 1 spiro atoms. The minimum atomic E-state index is -0.392. The van der Waals surface area contributed by atoms with Crippen molar-refractivity contribution in [2.45, 2.75) is 24.7 Å². The second-order valence-corrected chi connectivity index (χ2v) is 15.0. The minimum Gasteiger partial charge on any atom is -0.248 e. The Morgan fingerprint density at radius 2 is 0.889 bits per heavy atom. The molecule has 54 heavy (non-hydrogen) atoms. The Labute approximate surface area is 316 Å². The molecule has 0 amide bonds. The van der Waals surface area contributed by atoms with E-state index in [0.29, 0.717) is 5.56 Å². The van der Waals surface area contributed by atoms with Crippen molar-refractivity contribution in [2.24, 2.45) is 0 Å². The standard InChI is InChI=1S/C52H36N2/c1-51(2)45-19-8-10-21-47(45)52(48-22-11-9-20-46(48)51)43-18-7-6-17-41(43)42-30-39(27-28-44(42)52)35-23-25-37(26-24-35)50-32-40(38-16-12-13-34(29-38)33-53)31-49(54-50)36-14-4-3-5-15-36/h3-32H,1-2H3. The first-order valence-electron chi connectivity index (χ1n) is 18.6. The molecule has 2 nitrogen and oxygen atoms in total. The molecule has 2 aliphatic rings. The summed E-state index contributed by atoms with van der Waals surface area (Å²) < 4.78 is 0. The Morgan fingerprint density at radius 1 is 0.389 bits per heavy atom. The van der Waals surface area contributed by atoms with Gasteiger partial charge in [-0.2, -0.15) is 5.26 Å². The number of aromatic nitrogens is 1. The third-order valence-corrected chi connectivity index (χ3v) is 11.8. The molecule has 2 heteroatoms. The lowest BCUT2D eigenvalue weighted by atomic mass is 9.55. The first kappa shape index (κ1) is 31.9. The summed E-state index contributed by atoms with van der Waals surface area (Å²) in [4.78, 5) is 5.15. The van der Waals surface area contributed by atoms with Crippen molar-refractivity contribution in [1.29, 1.82) is 5.26 Å². The van der Waals surface area contributed by atoms with E-state index in [2.05, 4.69) is 166 Å². The van der Waals surface area contributed by atoms with Crippen LogP contribution in [0.1, 0.15) is 52.8 Å². The van der Waals surface area contributed by atoms with Crippen LogP contribution in [0.5, 0.6) is 0 Å². The van der Waals surface area contributed by atoms with Crippen molar-refractivity contribution >= 4 is 0 Å². The maximum absolute atomic E-state index is 9.59. The lowest BCUT2D eigenvalue weighted by Gasteiger charge is -2.46. The van der Waals surface area contributed by atoms with Crippen LogP contribution < -0.4 is 0 Å². The summed E-state index contributed by atoms with van der Waals surface area (Å²) in [6.07, 6.45) is 0. The van der Waals surface area contributed by atoms with Crippen LogP contribution in [0.25, 0.3) is 55.9 Å². The number of pyridine rings is 1. The Kier molecular flexibility index (Phi) is 7.16. The van der Waals surface area contributed by atoms with Gasteiger partial charge in [-0.1, -0.05) is 166 Å². The van der Waals surface area contributed by atoms with Crippen molar-refractivity contribution in [1.82, 2.24) is 4.98 Å². The molecule has 0 radical (unpaired) electrons. The van der Waals surface area contributed by atoms with Gasteiger partial charge >= 0.3 is 0 Å². The van der Waals surface area contributed by atoms with E-state index in [1.165, 1.54) is 50.1 Å². The van der Waals surface area contributed by atoms with Crippen LogP contribution >= 0.6 is 0 Å². The lowest BCUT2D eigenvalue weighted by molar-refractivity contribution is 0.563. The first-order chi connectivity index (χ1) is 26.5. The molecule has 0 unspecified atom stereocenters. The van der Waals surface area contributed by atoms with Crippen molar-refractivity contribution in [3.63, 3.8) is 0 Å². The number of nitrogens with zero attached hydrogens (tertiary/aromatic N) is 2. The molecule has 0 N–H and O–H groups in total. The molecule has 0 atom stereocenters. The highest BCUT2D eigenvalue weighted by Gasteiger charge is 2.53. The predicted molar refractivity (Wildman–Crippen MR) is 220 cm³/mol. The van der Waals surface area contributed by atoms with E-state index < -0.39 is 5.41 Å². The topological polar surface area (TPSA) is 36.7 Å². The van der Waals surface area contributed by atoms with Gasteiger partial charge in [0.2, 0.25) is 0 Å². The van der Waals surface area contributed by atoms with Gasteiger partial charge in [0.05, 0.1) is 28.4 Å². The van der Waals surface area contributed by atoms with Gasteiger partial charge in [0.15, 0.2) is 0 Å². The van der Waals surface area contributed by atoms with Crippen LogP contribution in [-0.2, 0) is 10.8 Å². The van der Waals surface area contributed by atoms with Crippen molar-refractivity contribution in [2.75, 3.05) is 0 Å². The molecule has 10 rings (SSSR count). The fraction of sp³-hybridized carbons (Fsp3) is 0.0769. The summed E-state index contributed by atoms with van der Waals surface area (Å²) in [6.45, 7) is 4.74. The predicted octanol–water partition coefficient (Wildman–Crippen LogP) is 12.6. The third kappa shape index (κ3) is 4.69. The molecule has 0 aliphatic heterocycles. The molecule has 7 aromatic carbocycles. The van der Waals surface area contributed by atoms with Crippen LogP contribution in [0.4, 0.5) is 0 Å². The number of nitriles is 1. The minimum absolute atomic E-state index is 0.116. The van der Waals surface area contributed by atoms with Gasteiger partial charge in [-0.05, 0) is 97.1 Å². The van der Waals surface area contributed by atoms with E-state index in [1.54, 1.807) is 0 Å². The quantitative estimate of drug-likeness (QED) is 0.185. The van der Waals surface area contributed by atoms with Crippen molar-refractivity contribution in [3.05, 3.63) is 221 Å². The first-order valence-corrected chi connectivity index (χ1v) is 18.6. The largest absolute Gasteiger partial charge is 0.248 e.